The van der Waals surface area contributed by atoms with Crippen molar-refractivity contribution in [1.82, 2.24) is 5.32 Å². The number of fused-ring (bicyclic) bond motifs is 1. The highest BCUT2D eigenvalue weighted by Gasteiger charge is 2.16. The lowest BCUT2D eigenvalue weighted by Crippen LogP contribution is -2.23. The number of nitrogens with one attached hydrogen (secondary N) is 1. The van der Waals surface area contributed by atoms with Gasteiger partial charge in [-0.3, -0.25) is 14.9 Å². The fraction of sp³-hybridized carbons (Fsp3) is 0.0556. The number of carbonyl (C=O) groups excluding carboxylic acids is 1. The van der Waals surface area contributed by atoms with Gasteiger partial charge in [0, 0.05) is 23.6 Å². The monoisotopic (exact) mass is 306 g/mol. The number of carbonyl (C=O) groups is 1. The molecule has 5 nitrogen and oxygen atoms in total. The summed E-state index contributed by atoms with van der Waals surface area (Å²) in [6.45, 7) is 0.408. The Morgan fingerprint density at radius 2 is 1.61 bits per heavy atom. The Hall–Kier alpha value is -3.21. The van der Waals surface area contributed by atoms with Gasteiger partial charge < -0.3 is 5.32 Å². The molecule has 114 valence electrons. The molecule has 3 aromatic rings. The van der Waals surface area contributed by atoms with Gasteiger partial charge in [0.1, 0.15) is 0 Å². The number of nitro benzene ring substituents is 1. The van der Waals surface area contributed by atoms with Crippen LogP contribution in [-0.2, 0) is 6.54 Å². The average molecular weight is 306 g/mol. The highest BCUT2D eigenvalue weighted by molar-refractivity contribution is 6.09. The highest BCUT2D eigenvalue weighted by Crippen LogP contribution is 2.27. The third-order valence-electron chi connectivity index (χ3n) is 3.64. The maximum atomic E-state index is 12.4. The number of benzene rings is 3. The molecule has 0 atom stereocenters. The van der Waals surface area contributed by atoms with Crippen molar-refractivity contribution >= 4 is 22.4 Å². The summed E-state index contributed by atoms with van der Waals surface area (Å²) in [5.41, 5.74) is 1.43. The summed E-state index contributed by atoms with van der Waals surface area (Å²) < 4.78 is 0. The summed E-state index contributed by atoms with van der Waals surface area (Å²) in [5, 5.41) is 15.0. The molecular weight excluding hydrogens is 292 g/mol. The number of nitro groups is 1. The number of non-ortho nitro benzene ring substituents is 1. The zero-order valence-corrected chi connectivity index (χ0v) is 12.2. The van der Waals surface area contributed by atoms with Crippen LogP contribution in [0.5, 0.6) is 0 Å². The van der Waals surface area contributed by atoms with Gasteiger partial charge in [0.15, 0.2) is 0 Å². The summed E-state index contributed by atoms with van der Waals surface area (Å²) in [4.78, 5) is 23.1. The van der Waals surface area contributed by atoms with Crippen LogP contribution in [0.3, 0.4) is 0 Å². The minimum atomic E-state index is -0.437. The van der Waals surface area contributed by atoms with E-state index in [4.69, 9.17) is 0 Å². The molecule has 0 saturated carbocycles. The van der Waals surface area contributed by atoms with Gasteiger partial charge in [0.25, 0.3) is 11.6 Å². The van der Waals surface area contributed by atoms with Crippen LogP contribution in [0.15, 0.2) is 66.7 Å². The predicted octanol–water partition coefficient (Wildman–Crippen LogP) is 3.68. The fourth-order valence-electron chi connectivity index (χ4n) is 2.52. The summed E-state index contributed by atoms with van der Waals surface area (Å²) in [5.74, 6) is -0.250. The minimum absolute atomic E-state index is 0.000194. The summed E-state index contributed by atoms with van der Waals surface area (Å²) in [6.07, 6.45) is 0. The summed E-state index contributed by atoms with van der Waals surface area (Å²) in [7, 11) is 0. The number of hydrogen-bond acceptors (Lipinski definition) is 3. The molecule has 0 radical (unpaired) electrons. The van der Waals surface area contributed by atoms with Gasteiger partial charge >= 0.3 is 0 Å². The second-order valence-electron chi connectivity index (χ2n) is 5.10. The summed E-state index contributed by atoms with van der Waals surface area (Å²) in [6, 6.07) is 19.3. The zero-order chi connectivity index (χ0) is 16.2. The van der Waals surface area contributed by atoms with E-state index in [1.54, 1.807) is 30.3 Å². The van der Waals surface area contributed by atoms with Crippen molar-refractivity contribution in [1.29, 1.82) is 0 Å². The molecule has 0 heterocycles. The molecule has 0 aliphatic heterocycles. The standard InChI is InChI=1S/C18H14N2O3/c21-18(19-12-13-6-2-1-3-7-13)16-10-4-9-15-14(16)8-5-11-17(15)20(22)23/h1-11H,12H2,(H,19,21). The van der Waals surface area contributed by atoms with E-state index in [9.17, 15) is 14.9 Å². The first-order valence-corrected chi connectivity index (χ1v) is 7.15. The first-order chi connectivity index (χ1) is 11.2. The fourth-order valence-corrected chi connectivity index (χ4v) is 2.52. The average Bonchev–Trinajstić information content (AvgIpc) is 2.59. The van der Waals surface area contributed by atoms with Crippen LogP contribution in [0.2, 0.25) is 0 Å². The lowest BCUT2D eigenvalue weighted by Gasteiger charge is -2.08. The molecule has 0 spiro atoms. The lowest BCUT2D eigenvalue weighted by atomic mass is 10.0. The molecule has 1 N–H and O–H groups in total. The predicted molar refractivity (Wildman–Crippen MR) is 88.2 cm³/mol. The van der Waals surface area contributed by atoms with Gasteiger partial charge in [-0.1, -0.05) is 48.5 Å². The van der Waals surface area contributed by atoms with Crippen LogP contribution in [0, 0.1) is 10.1 Å². The molecule has 1 amide bonds. The molecule has 0 fully saturated rings. The van der Waals surface area contributed by atoms with Crippen LogP contribution in [0.1, 0.15) is 15.9 Å². The molecular formula is C18H14N2O3. The molecule has 0 aliphatic rings. The van der Waals surface area contributed by atoms with Crippen molar-refractivity contribution in [2.45, 2.75) is 6.54 Å². The second kappa shape index (κ2) is 6.27. The molecule has 5 heteroatoms. The van der Waals surface area contributed by atoms with Crippen molar-refractivity contribution in [3.8, 4) is 0 Å². The smallest absolute Gasteiger partial charge is 0.277 e. The van der Waals surface area contributed by atoms with E-state index in [0.717, 1.165) is 5.56 Å². The Bertz CT molecular complexity index is 876. The van der Waals surface area contributed by atoms with Crippen LogP contribution >= 0.6 is 0 Å². The second-order valence-corrected chi connectivity index (χ2v) is 5.10. The minimum Gasteiger partial charge on any atom is -0.348 e. The van der Waals surface area contributed by atoms with Crippen molar-refractivity contribution in [2.24, 2.45) is 0 Å². The topological polar surface area (TPSA) is 72.2 Å². The molecule has 0 aliphatic carbocycles. The highest BCUT2D eigenvalue weighted by atomic mass is 16.6. The van der Waals surface area contributed by atoms with Gasteiger partial charge in [-0.2, -0.15) is 0 Å². The lowest BCUT2D eigenvalue weighted by molar-refractivity contribution is -0.383. The molecule has 0 unspecified atom stereocenters. The molecule has 23 heavy (non-hydrogen) atoms. The van der Waals surface area contributed by atoms with Gasteiger partial charge in [0.05, 0.1) is 10.3 Å². The van der Waals surface area contributed by atoms with Crippen molar-refractivity contribution in [3.63, 3.8) is 0 Å². The third-order valence-corrected chi connectivity index (χ3v) is 3.64. The Morgan fingerprint density at radius 3 is 2.35 bits per heavy atom. The Labute approximate surface area is 132 Å². The van der Waals surface area contributed by atoms with Crippen molar-refractivity contribution < 1.29 is 9.72 Å². The molecule has 3 aromatic carbocycles. The molecule has 3 rings (SSSR count). The Balaban J connectivity index is 1.92. The maximum absolute atomic E-state index is 12.4. The quantitative estimate of drug-likeness (QED) is 0.590. The van der Waals surface area contributed by atoms with Crippen LogP contribution in [-0.4, -0.2) is 10.8 Å². The molecule has 0 aromatic heterocycles. The van der Waals surface area contributed by atoms with E-state index in [1.165, 1.54) is 6.07 Å². The van der Waals surface area contributed by atoms with Crippen LogP contribution < -0.4 is 5.32 Å². The van der Waals surface area contributed by atoms with Crippen LogP contribution in [0.25, 0.3) is 10.8 Å². The van der Waals surface area contributed by atoms with Gasteiger partial charge in [-0.15, -0.1) is 0 Å². The number of rotatable bonds is 4. The number of amides is 1. The maximum Gasteiger partial charge on any atom is 0.277 e. The summed E-state index contributed by atoms with van der Waals surface area (Å²) >= 11 is 0. The normalized spacial score (nSPS) is 10.4. The Morgan fingerprint density at radius 1 is 0.913 bits per heavy atom. The zero-order valence-electron chi connectivity index (χ0n) is 12.2. The van der Waals surface area contributed by atoms with E-state index in [0.29, 0.717) is 22.9 Å². The van der Waals surface area contributed by atoms with Crippen LogP contribution in [0.4, 0.5) is 5.69 Å². The van der Waals surface area contributed by atoms with Crippen molar-refractivity contribution in [2.75, 3.05) is 0 Å². The van der Waals surface area contributed by atoms with E-state index < -0.39 is 4.92 Å². The SMILES string of the molecule is O=C(NCc1ccccc1)c1cccc2c([N+](=O)[O-])cccc12. The largest absolute Gasteiger partial charge is 0.348 e. The first-order valence-electron chi connectivity index (χ1n) is 7.15. The van der Waals surface area contributed by atoms with Gasteiger partial charge in [-0.25, -0.2) is 0 Å². The molecule has 0 bridgehead atoms. The van der Waals surface area contributed by atoms with E-state index in [2.05, 4.69) is 5.32 Å². The van der Waals surface area contributed by atoms with Gasteiger partial charge in [0.2, 0.25) is 0 Å². The third kappa shape index (κ3) is 3.03. The van der Waals surface area contributed by atoms with E-state index in [1.807, 2.05) is 30.3 Å². The number of nitrogens with zero attached hydrogens (tertiary/aromatic N) is 1. The first kappa shape index (κ1) is 14.7. The van der Waals surface area contributed by atoms with Gasteiger partial charge in [-0.05, 0) is 17.7 Å². The molecule has 0 saturated heterocycles. The van der Waals surface area contributed by atoms with E-state index in [-0.39, 0.29) is 11.6 Å². The van der Waals surface area contributed by atoms with Crippen molar-refractivity contribution in [3.05, 3.63) is 88.0 Å². The number of hydrogen-bond donors (Lipinski definition) is 1. The van der Waals surface area contributed by atoms with E-state index >= 15 is 0 Å². The Kier molecular flexibility index (Phi) is 4.01.